The maximum Gasteiger partial charge on any atom is 0.227 e. The second-order valence-corrected chi connectivity index (χ2v) is 5.43. The highest BCUT2D eigenvalue weighted by Gasteiger charge is 2.33. The first-order valence-corrected chi connectivity index (χ1v) is 7.22. The van der Waals surface area contributed by atoms with Crippen molar-refractivity contribution < 1.29 is 9.53 Å². The molecule has 1 heterocycles. The molecule has 1 unspecified atom stereocenters. The third-order valence-electron chi connectivity index (χ3n) is 4.02. The Balaban J connectivity index is 1.93. The Kier molecular flexibility index (Phi) is 3.65. The zero-order chi connectivity index (χ0) is 14.8. The molecule has 1 fully saturated rings. The molecule has 0 aromatic heterocycles. The van der Waals surface area contributed by atoms with Crippen molar-refractivity contribution in [3.05, 3.63) is 59.7 Å². The molecule has 2 aromatic rings. The first-order valence-electron chi connectivity index (χ1n) is 7.22. The van der Waals surface area contributed by atoms with Gasteiger partial charge in [0.05, 0.1) is 13.2 Å². The second kappa shape index (κ2) is 5.60. The molecular formula is C18H19NO2. The molecule has 3 rings (SSSR count). The first kappa shape index (κ1) is 13.7. The van der Waals surface area contributed by atoms with E-state index in [2.05, 4.69) is 31.2 Å². The number of nitrogens with zero attached hydrogens (tertiary/aromatic N) is 1. The summed E-state index contributed by atoms with van der Waals surface area (Å²) in [6.07, 6.45) is 1.47. The fraction of sp³-hybridized carbons (Fsp3) is 0.278. The smallest absolute Gasteiger partial charge is 0.227 e. The quantitative estimate of drug-likeness (QED) is 0.854. The summed E-state index contributed by atoms with van der Waals surface area (Å²) in [4.78, 5) is 14.2. The molecule has 0 radical (unpaired) electrons. The number of carbonyl (C=O) groups excluding carboxylic acids is 1. The minimum atomic E-state index is 0.131. The highest BCUT2D eigenvalue weighted by atomic mass is 16.5. The molecule has 3 nitrogen and oxygen atoms in total. The van der Waals surface area contributed by atoms with Gasteiger partial charge in [0.1, 0.15) is 5.75 Å². The fourth-order valence-electron chi connectivity index (χ4n) is 2.85. The molecule has 0 N–H and O–H groups in total. The molecule has 1 aliphatic heterocycles. The Morgan fingerprint density at radius 3 is 2.33 bits per heavy atom. The molecule has 3 heteroatoms. The van der Waals surface area contributed by atoms with E-state index in [1.165, 1.54) is 11.1 Å². The Hall–Kier alpha value is -2.29. The lowest BCUT2D eigenvalue weighted by Gasteiger charge is -2.25. The average Bonchev–Trinajstić information content (AvgIpc) is 2.90. The van der Waals surface area contributed by atoms with Crippen molar-refractivity contribution >= 4 is 11.6 Å². The van der Waals surface area contributed by atoms with Crippen LogP contribution < -0.4 is 9.64 Å². The van der Waals surface area contributed by atoms with E-state index in [1.54, 1.807) is 7.11 Å². The lowest BCUT2D eigenvalue weighted by molar-refractivity contribution is -0.117. The number of benzene rings is 2. The van der Waals surface area contributed by atoms with Crippen molar-refractivity contribution in [3.63, 3.8) is 0 Å². The van der Waals surface area contributed by atoms with E-state index in [1.807, 2.05) is 29.2 Å². The standard InChI is InChI=1S/C18H19NO2/c1-13-3-5-14(6-4-13)17-11-12-18(20)19(17)15-7-9-16(21-2)10-8-15/h3-10,17H,11-12H2,1-2H3. The SMILES string of the molecule is COc1ccc(N2C(=O)CCC2c2ccc(C)cc2)cc1. The van der Waals surface area contributed by atoms with Crippen molar-refractivity contribution in [1.82, 2.24) is 0 Å². The van der Waals surface area contributed by atoms with Gasteiger partial charge in [-0.25, -0.2) is 0 Å². The number of methoxy groups -OCH3 is 1. The van der Waals surface area contributed by atoms with Crippen LogP contribution in [0.4, 0.5) is 5.69 Å². The minimum absolute atomic E-state index is 0.131. The summed E-state index contributed by atoms with van der Waals surface area (Å²) in [6.45, 7) is 2.07. The molecule has 1 saturated heterocycles. The number of ether oxygens (including phenoxy) is 1. The molecule has 1 amide bonds. The highest BCUT2D eigenvalue weighted by Crippen LogP contribution is 2.37. The lowest BCUT2D eigenvalue weighted by atomic mass is 10.0. The third-order valence-corrected chi connectivity index (χ3v) is 4.02. The van der Waals surface area contributed by atoms with E-state index < -0.39 is 0 Å². The Bertz CT molecular complexity index is 631. The second-order valence-electron chi connectivity index (χ2n) is 5.43. The number of hydrogen-bond donors (Lipinski definition) is 0. The van der Waals surface area contributed by atoms with Crippen molar-refractivity contribution in [2.45, 2.75) is 25.8 Å². The fourth-order valence-corrected chi connectivity index (χ4v) is 2.85. The van der Waals surface area contributed by atoms with Gasteiger partial charge in [-0.05, 0) is 43.2 Å². The van der Waals surface area contributed by atoms with Crippen LogP contribution in [0.1, 0.15) is 30.0 Å². The van der Waals surface area contributed by atoms with Crippen LogP contribution in [-0.4, -0.2) is 13.0 Å². The predicted molar refractivity (Wildman–Crippen MR) is 83.6 cm³/mol. The number of carbonyl (C=O) groups is 1. The molecule has 2 aromatic carbocycles. The van der Waals surface area contributed by atoms with Crippen LogP contribution >= 0.6 is 0 Å². The van der Waals surface area contributed by atoms with Crippen LogP contribution in [0.15, 0.2) is 48.5 Å². The van der Waals surface area contributed by atoms with Gasteiger partial charge < -0.3 is 9.64 Å². The molecule has 0 spiro atoms. The van der Waals surface area contributed by atoms with Gasteiger partial charge in [-0.15, -0.1) is 0 Å². The lowest BCUT2D eigenvalue weighted by Crippen LogP contribution is -2.27. The van der Waals surface area contributed by atoms with Gasteiger partial charge in [-0.2, -0.15) is 0 Å². The zero-order valence-electron chi connectivity index (χ0n) is 12.4. The summed E-state index contributed by atoms with van der Waals surface area (Å²) in [7, 11) is 1.64. The number of aryl methyl sites for hydroxylation is 1. The summed E-state index contributed by atoms with van der Waals surface area (Å²) >= 11 is 0. The van der Waals surface area contributed by atoms with E-state index in [0.29, 0.717) is 6.42 Å². The summed E-state index contributed by atoms with van der Waals surface area (Å²) in [5.41, 5.74) is 3.37. The van der Waals surface area contributed by atoms with Crippen molar-refractivity contribution in [2.75, 3.05) is 12.0 Å². The average molecular weight is 281 g/mol. The van der Waals surface area contributed by atoms with E-state index in [-0.39, 0.29) is 11.9 Å². The maximum atomic E-state index is 12.3. The van der Waals surface area contributed by atoms with Gasteiger partial charge in [-0.3, -0.25) is 4.79 Å². The molecule has 1 aliphatic rings. The van der Waals surface area contributed by atoms with E-state index in [4.69, 9.17) is 4.74 Å². The number of rotatable bonds is 3. The van der Waals surface area contributed by atoms with Gasteiger partial charge in [0.25, 0.3) is 0 Å². The Morgan fingerprint density at radius 1 is 1.05 bits per heavy atom. The number of anilines is 1. The van der Waals surface area contributed by atoms with Crippen LogP contribution in [0.3, 0.4) is 0 Å². The molecule has 0 saturated carbocycles. The summed E-state index contributed by atoms with van der Waals surface area (Å²) in [5, 5.41) is 0. The molecule has 0 bridgehead atoms. The maximum absolute atomic E-state index is 12.3. The van der Waals surface area contributed by atoms with Gasteiger partial charge in [0, 0.05) is 12.1 Å². The van der Waals surface area contributed by atoms with Crippen LogP contribution in [0.5, 0.6) is 5.75 Å². The summed E-state index contributed by atoms with van der Waals surface area (Å²) < 4.78 is 5.18. The van der Waals surface area contributed by atoms with Gasteiger partial charge in [0.2, 0.25) is 5.91 Å². The molecule has 0 aliphatic carbocycles. The summed E-state index contributed by atoms with van der Waals surface area (Å²) in [6, 6.07) is 16.3. The molecular weight excluding hydrogens is 262 g/mol. The Labute approximate surface area is 125 Å². The highest BCUT2D eigenvalue weighted by molar-refractivity contribution is 5.96. The first-order chi connectivity index (χ1) is 10.2. The molecule has 108 valence electrons. The Morgan fingerprint density at radius 2 is 1.71 bits per heavy atom. The van der Waals surface area contributed by atoms with E-state index in [9.17, 15) is 4.79 Å². The van der Waals surface area contributed by atoms with E-state index >= 15 is 0 Å². The van der Waals surface area contributed by atoms with Crippen molar-refractivity contribution in [3.8, 4) is 5.75 Å². The predicted octanol–water partition coefficient (Wildman–Crippen LogP) is 3.87. The van der Waals surface area contributed by atoms with Crippen LogP contribution in [-0.2, 0) is 4.79 Å². The van der Waals surface area contributed by atoms with E-state index in [0.717, 1.165) is 17.9 Å². The van der Waals surface area contributed by atoms with Gasteiger partial charge in [-0.1, -0.05) is 29.8 Å². The largest absolute Gasteiger partial charge is 0.497 e. The van der Waals surface area contributed by atoms with Crippen LogP contribution in [0.25, 0.3) is 0 Å². The summed E-state index contributed by atoms with van der Waals surface area (Å²) in [5.74, 6) is 0.989. The monoisotopic (exact) mass is 281 g/mol. The zero-order valence-corrected chi connectivity index (χ0v) is 12.4. The van der Waals surface area contributed by atoms with Crippen LogP contribution in [0.2, 0.25) is 0 Å². The minimum Gasteiger partial charge on any atom is -0.497 e. The molecule has 1 atom stereocenters. The molecule has 21 heavy (non-hydrogen) atoms. The van der Waals surface area contributed by atoms with Gasteiger partial charge >= 0.3 is 0 Å². The van der Waals surface area contributed by atoms with Crippen molar-refractivity contribution in [1.29, 1.82) is 0 Å². The topological polar surface area (TPSA) is 29.5 Å². The number of hydrogen-bond acceptors (Lipinski definition) is 2. The third kappa shape index (κ3) is 2.64. The van der Waals surface area contributed by atoms with Gasteiger partial charge in [0.15, 0.2) is 0 Å². The number of amides is 1. The van der Waals surface area contributed by atoms with Crippen LogP contribution in [0, 0.1) is 6.92 Å². The van der Waals surface area contributed by atoms with Crippen molar-refractivity contribution in [2.24, 2.45) is 0 Å². The normalized spacial score (nSPS) is 18.1.